The van der Waals surface area contributed by atoms with Gasteiger partial charge in [0.15, 0.2) is 5.58 Å². The molecule has 268 valence electrons. The Kier molecular flexibility index (Phi) is 7.78. The first-order chi connectivity index (χ1) is 28.2. The summed E-state index contributed by atoms with van der Waals surface area (Å²) in [6.07, 6.45) is 0. The molecule has 2 aromatic heterocycles. The first-order valence-corrected chi connectivity index (χ1v) is 19.2. The Balaban J connectivity index is 0.990. The third-order valence-electron chi connectivity index (χ3n) is 10.9. The standard InChI is InChI=1S/C53H34N2O2/c1-3-11-35(12-4-1)40-17-9-18-44(33-40)55(43-28-23-38(24-29-43)46-20-10-16-37-13-7-8-19-45(37)46)42-26-21-36(22-27-42)41-25-31-49-47(34-41)51-50(56-49)32-30-48-52(51)57-53(54-48)39-14-5-2-6-15-39/h1-34H. The number of fused-ring (bicyclic) bond motifs is 6. The van der Waals surface area contributed by atoms with Crippen molar-refractivity contribution in [2.45, 2.75) is 0 Å². The summed E-state index contributed by atoms with van der Waals surface area (Å²) in [6, 6.07) is 72.5. The van der Waals surface area contributed by atoms with Crippen LogP contribution in [0, 0.1) is 0 Å². The molecule has 0 bridgehead atoms. The van der Waals surface area contributed by atoms with Crippen molar-refractivity contribution < 1.29 is 8.83 Å². The van der Waals surface area contributed by atoms with Gasteiger partial charge in [-0.05, 0) is 117 Å². The van der Waals surface area contributed by atoms with Crippen molar-refractivity contribution in [3.63, 3.8) is 0 Å². The zero-order valence-corrected chi connectivity index (χ0v) is 30.8. The van der Waals surface area contributed by atoms with Gasteiger partial charge >= 0.3 is 0 Å². The number of anilines is 3. The molecule has 0 saturated heterocycles. The molecular weight excluding hydrogens is 697 g/mol. The third kappa shape index (κ3) is 5.83. The van der Waals surface area contributed by atoms with Crippen molar-refractivity contribution in [2.75, 3.05) is 4.90 Å². The second-order valence-corrected chi connectivity index (χ2v) is 14.4. The lowest BCUT2D eigenvalue weighted by molar-refractivity contribution is 0.622. The summed E-state index contributed by atoms with van der Waals surface area (Å²) >= 11 is 0. The van der Waals surface area contributed by atoms with Gasteiger partial charge in [-0.3, -0.25) is 0 Å². The van der Waals surface area contributed by atoms with Gasteiger partial charge in [-0.15, -0.1) is 0 Å². The summed E-state index contributed by atoms with van der Waals surface area (Å²) in [5, 5.41) is 4.42. The van der Waals surface area contributed by atoms with Crippen LogP contribution in [-0.2, 0) is 0 Å². The van der Waals surface area contributed by atoms with Gasteiger partial charge in [0.05, 0.1) is 5.39 Å². The summed E-state index contributed by atoms with van der Waals surface area (Å²) in [7, 11) is 0. The second kappa shape index (κ2) is 13.6. The van der Waals surface area contributed by atoms with E-state index in [0.29, 0.717) is 5.89 Å². The van der Waals surface area contributed by atoms with E-state index in [1.807, 2.05) is 42.5 Å². The number of rotatable bonds is 7. The number of nitrogens with zero attached hydrogens (tertiary/aromatic N) is 2. The van der Waals surface area contributed by atoms with Crippen LogP contribution in [0.5, 0.6) is 0 Å². The van der Waals surface area contributed by atoms with E-state index < -0.39 is 0 Å². The van der Waals surface area contributed by atoms with Crippen molar-refractivity contribution in [3.8, 4) is 44.8 Å². The van der Waals surface area contributed by atoms with Crippen molar-refractivity contribution in [3.05, 3.63) is 206 Å². The molecule has 0 spiro atoms. The van der Waals surface area contributed by atoms with Crippen molar-refractivity contribution >= 4 is 60.9 Å². The summed E-state index contributed by atoms with van der Waals surface area (Å²) in [4.78, 5) is 7.15. The van der Waals surface area contributed by atoms with E-state index in [-0.39, 0.29) is 0 Å². The van der Waals surface area contributed by atoms with Crippen LogP contribution in [0.2, 0.25) is 0 Å². The molecule has 0 amide bonds. The molecule has 4 heteroatoms. The number of oxazole rings is 1. The number of hydrogen-bond donors (Lipinski definition) is 0. The van der Waals surface area contributed by atoms with Gasteiger partial charge in [0.25, 0.3) is 0 Å². The molecule has 0 unspecified atom stereocenters. The fraction of sp³-hybridized carbons (Fsp3) is 0. The molecule has 0 aliphatic carbocycles. The molecule has 0 aliphatic rings. The average molecular weight is 731 g/mol. The summed E-state index contributed by atoms with van der Waals surface area (Å²) < 4.78 is 12.7. The minimum atomic E-state index is 0.598. The van der Waals surface area contributed by atoms with E-state index in [0.717, 1.165) is 66.8 Å². The smallest absolute Gasteiger partial charge is 0.227 e. The number of benzene rings is 9. The van der Waals surface area contributed by atoms with E-state index in [1.54, 1.807) is 0 Å². The molecule has 2 heterocycles. The first-order valence-electron chi connectivity index (χ1n) is 19.2. The summed E-state index contributed by atoms with van der Waals surface area (Å²) in [5.74, 6) is 0.598. The molecule has 0 radical (unpaired) electrons. The zero-order chi connectivity index (χ0) is 37.7. The molecule has 0 aliphatic heterocycles. The van der Waals surface area contributed by atoms with E-state index in [9.17, 15) is 0 Å². The minimum Gasteiger partial charge on any atom is -0.456 e. The van der Waals surface area contributed by atoms with Crippen LogP contribution in [0.1, 0.15) is 0 Å². The Morgan fingerprint density at radius 1 is 0.368 bits per heavy atom. The Morgan fingerprint density at radius 2 is 0.965 bits per heavy atom. The molecule has 9 aromatic carbocycles. The maximum Gasteiger partial charge on any atom is 0.227 e. The molecular formula is C53H34N2O2. The lowest BCUT2D eigenvalue weighted by Gasteiger charge is -2.26. The Labute approximate surface area is 329 Å². The SMILES string of the molecule is c1ccc(-c2cccc(N(c3ccc(-c4ccc5oc6ccc7nc(-c8ccccc8)oc7c6c5c4)cc3)c3ccc(-c4cccc5ccccc45)cc3)c2)cc1. The number of aromatic nitrogens is 1. The average Bonchev–Trinajstić information content (AvgIpc) is 3.89. The van der Waals surface area contributed by atoms with Gasteiger partial charge in [-0.2, -0.15) is 0 Å². The monoisotopic (exact) mass is 730 g/mol. The highest BCUT2D eigenvalue weighted by Gasteiger charge is 2.18. The molecule has 11 aromatic rings. The maximum atomic E-state index is 6.42. The van der Waals surface area contributed by atoms with Crippen LogP contribution in [0.3, 0.4) is 0 Å². The summed E-state index contributed by atoms with van der Waals surface area (Å²) in [5.41, 5.74) is 14.3. The van der Waals surface area contributed by atoms with E-state index in [1.165, 1.54) is 33.0 Å². The van der Waals surface area contributed by atoms with Crippen LogP contribution >= 0.6 is 0 Å². The predicted octanol–water partition coefficient (Wildman–Crippen LogP) is 15.0. The van der Waals surface area contributed by atoms with Gasteiger partial charge in [-0.25, -0.2) is 4.98 Å². The van der Waals surface area contributed by atoms with Gasteiger partial charge in [-0.1, -0.05) is 133 Å². The Morgan fingerprint density at radius 3 is 1.75 bits per heavy atom. The number of hydrogen-bond acceptors (Lipinski definition) is 4. The Hall–Kier alpha value is -7.69. The molecule has 0 N–H and O–H groups in total. The molecule has 11 rings (SSSR count). The topological polar surface area (TPSA) is 42.4 Å². The Bertz CT molecular complexity index is 3210. The van der Waals surface area contributed by atoms with Crippen LogP contribution in [0.25, 0.3) is 88.6 Å². The molecule has 0 fully saturated rings. The molecule has 4 nitrogen and oxygen atoms in total. The van der Waals surface area contributed by atoms with Crippen LogP contribution < -0.4 is 4.90 Å². The summed E-state index contributed by atoms with van der Waals surface area (Å²) in [6.45, 7) is 0. The fourth-order valence-corrected chi connectivity index (χ4v) is 8.10. The molecule has 0 atom stereocenters. The second-order valence-electron chi connectivity index (χ2n) is 14.4. The van der Waals surface area contributed by atoms with E-state index in [4.69, 9.17) is 13.8 Å². The lowest BCUT2D eigenvalue weighted by Crippen LogP contribution is -2.10. The highest BCUT2D eigenvalue weighted by Crippen LogP contribution is 2.41. The van der Waals surface area contributed by atoms with Crippen LogP contribution in [-0.4, -0.2) is 4.98 Å². The van der Waals surface area contributed by atoms with E-state index in [2.05, 4.69) is 169 Å². The van der Waals surface area contributed by atoms with Gasteiger partial charge in [0.1, 0.15) is 16.7 Å². The fourth-order valence-electron chi connectivity index (χ4n) is 8.10. The number of furan rings is 1. The van der Waals surface area contributed by atoms with Gasteiger partial charge in [0.2, 0.25) is 5.89 Å². The van der Waals surface area contributed by atoms with Gasteiger partial charge < -0.3 is 13.7 Å². The maximum absolute atomic E-state index is 6.42. The third-order valence-corrected chi connectivity index (χ3v) is 10.9. The predicted molar refractivity (Wildman–Crippen MR) is 235 cm³/mol. The van der Waals surface area contributed by atoms with Crippen molar-refractivity contribution in [1.29, 1.82) is 0 Å². The molecule has 57 heavy (non-hydrogen) atoms. The first kappa shape index (κ1) is 32.7. The van der Waals surface area contributed by atoms with Crippen LogP contribution in [0.4, 0.5) is 17.1 Å². The van der Waals surface area contributed by atoms with Crippen LogP contribution in [0.15, 0.2) is 215 Å². The largest absolute Gasteiger partial charge is 0.456 e. The van der Waals surface area contributed by atoms with Crippen molar-refractivity contribution in [2.24, 2.45) is 0 Å². The van der Waals surface area contributed by atoms with Gasteiger partial charge in [0, 0.05) is 28.0 Å². The minimum absolute atomic E-state index is 0.598. The quantitative estimate of drug-likeness (QED) is 0.164. The highest BCUT2D eigenvalue weighted by molar-refractivity contribution is 6.17. The van der Waals surface area contributed by atoms with E-state index >= 15 is 0 Å². The molecule has 0 saturated carbocycles. The van der Waals surface area contributed by atoms with Crippen molar-refractivity contribution in [1.82, 2.24) is 4.98 Å². The highest BCUT2D eigenvalue weighted by atomic mass is 16.4. The zero-order valence-electron chi connectivity index (χ0n) is 30.8. The normalized spacial score (nSPS) is 11.5. The lowest BCUT2D eigenvalue weighted by atomic mass is 9.98.